The number of alkyl halides is 6. The lowest BCUT2D eigenvalue weighted by Gasteiger charge is -2.39. The molecule has 1 N–H and O–H groups in total. The summed E-state index contributed by atoms with van der Waals surface area (Å²) in [5.41, 5.74) is -1.35. The first kappa shape index (κ1) is 26.5. The Bertz CT molecular complexity index is 1300. The van der Waals surface area contributed by atoms with Gasteiger partial charge in [0, 0.05) is 31.4 Å². The van der Waals surface area contributed by atoms with Crippen molar-refractivity contribution in [3.8, 4) is 5.75 Å². The number of anilines is 1. The van der Waals surface area contributed by atoms with Crippen molar-refractivity contribution in [2.24, 2.45) is 17.8 Å². The summed E-state index contributed by atoms with van der Waals surface area (Å²) in [5.74, 6) is 0.870. The van der Waals surface area contributed by atoms with Crippen LogP contribution < -0.4 is 9.64 Å². The van der Waals surface area contributed by atoms with Crippen LogP contribution in [0.15, 0.2) is 30.5 Å². The fourth-order valence-corrected chi connectivity index (χ4v) is 5.67. The molecule has 3 atom stereocenters. The molecule has 4 heterocycles. The van der Waals surface area contributed by atoms with Crippen LogP contribution in [0.25, 0.3) is 5.65 Å². The molecule has 13 heteroatoms. The minimum atomic E-state index is -4.53. The number of hydrogen-bond acceptors (Lipinski definition) is 6. The van der Waals surface area contributed by atoms with E-state index in [0.29, 0.717) is 36.7 Å². The van der Waals surface area contributed by atoms with Crippen molar-refractivity contribution in [3.63, 3.8) is 0 Å². The largest absolute Gasteiger partial charge is 0.480 e. The number of ether oxygens (including phenoxy) is 1. The van der Waals surface area contributed by atoms with Crippen molar-refractivity contribution in [3.05, 3.63) is 47.7 Å². The van der Waals surface area contributed by atoms with Gasteiger partial charge in [0.1, 0.15) is 11.3 Å². The van der Waals surface area contributed by atoms with Gasteiger partial charge in [-0.3, -0.25) is 4.98 Å². The van der Waals surface area contributed by atoms with Crippen LogP contribution in [-0.2, 0) is 18.2 Å². The molecule has 1 aliphatic carbocycles. The summed E-state index contributed by atoms with van der Waals surface area (Å²) in [6, 6.07) is 5.46. The van der Waals surface area contributed by atoms with E-state index in [1.807, 2.05) is 4.90 Å². The minimum Gasteiger partial charge on any atom is -0.480 e. The molecule has 0 amide bonds. The zero-order valence-electron chi connectivity index (χ0n) is 20.7. The number of nitrogens with zero attached hydrogens (tertiary/aromatic N) is 5. The summed E-state index contributed by atoms with van der Waals surface area (Å²) >= 11 is 0. The molecular weight excluding hydrogens is 516 g/mol. The van der Waals surface area contributed by atoms with E-state index >= 15 is 0 Å². The monoisotopic (exact) mass is 543 g/mol. The molecule has 1 saturated heterocycles. The summed E-state index contributed by atoms with van der Waals surface area (Å²) in [6.07, 6.45) is -5.61. The topological polar surface area (TPSA) is 75.8 Å². The summed E-state index contributed by atoms with van der Waals surface area (Å²) < 4.78 is 84.1. The first-order valence-corrected chi connectivity index (χ1v) is 12.3. The van der Waals surface area contributed by atoms with Gasteiger partial charge in [-0.1, -0.05) is 0 Å². The highest BCUT2D eigenvalue weighted by atomic mass is 19.4. The summed E-state index contributed by atoms with van der Waals surface area (Å²) in [5, 5.41) is 15.1. The van der Waals surface area contributed by atoms with E-state index in [2.05, 4.69) is 15.1 Å². The van der Waals surface area contributed by atoms with Crippen LogP contribution in [0.2, 0.25) is 0 Å². The first-order chi connectivity index (χ1) is 17.7. The van der Waals surface area contributed by atoms with Gasteiger partial charge in [-0.15, -0.1) is 0 Å². The molecule has 3 aromatic rings. The Labute approximate surface area is 214 Å². The smallest absolute Gasteiger partial charge is 0.433 e. The molecule has 2 fully saturated rings. The van der Waals surface area contributed by atoms with Gasteiger partial charge in [-0.25, -0.2) is 9.50 Å². The highest BCUT2D eigenvalue weighted by Crippen LogP contribution is 2.45. The van der Waals surface area contributed by atoms with Gasteiger partial charge < -0.3 is 14.7 Å². The highest BCUT2D eigenvalue weighted by molar-refractivity contribution is 5.55. The first-order valence-electron chi connectivity index (χ1n) is 12.3. The Balaban J connectivity index is 1.38. The summed E-state index contributed by atoms with van der Waals surface area (Å²) in [7, 11) is 0. The molecule has 5 rings (SSSR count). The van der Waals surface area contributed by atoms with Crippen molar-refractivity contribution >= 4 is 11.3 Å². The number of piperidine rings is 1. The standard InChI is InChI=1S/C25H27F6N5O2/c1-23(2,37)20-6-5-18(38-13-24(26,27)28)22-33-21(34-36(20)22)10-17-14-3-4-15(17)12-35(11-14)16-7-8-32-19(9-16)25(29,30)31/h5-9,14-15,17,37H,3-4,10-13H2,1-2H3/t14-,15+,17?. The lowest BCUT2D eigenvalue weighted by atomic mass is 9.82. The number of aliphatic hydroxyl groups is 1. The zero-order chi connectivity index (χ0) is 27.5. The van der Waals surface area contributed by atoms with Crippen molar-refractivity contribution in [1.29, 1.82) is 0 Å². The van der Waals surface area contributed by atoms with E-state index in [9.17, 15) is 31.4 Å². The number of halogens is 6. The van der Waals surface area contributed by atoms with E-state index in [1.54, 1.807) is 19.9 Å². The van der Waals surface area contributed by atoms with Gasteiger partial charge in [0.2, 0.25) is 0 Å². The van der Waals surface area contributed by atoms with E-state index in [-0.39, 0.29) is 29.2 Å². The average Bonchev–Trinajstić information content (AvgIpc) is 3.32. The molecule has 1 aliphatic heterocycles. The Kier molecular flexibility index (Phi) is 6.48. The Morgan fingerprint density at radius 1 is 1.03 bits per heavy atom. The normalized spacial score (nSPS) is 22.3. The van der Waals surface area contributed by atoms with Gasteiger partial charge >= 0.3 is 12.4 Å². The van der Waals surface area contributed by atoms with Crippen LogP contribution in [0.3, 0.4) is 0 Å². The molecule has 38 heavy (non-hydrogen) atoms. The number of pyridine rings is 2. The minimum absolute atomic E-state index is 0.0881. The number of fused-ring (bicyclic) bond motifs is 3. The summed E-state index contributed by atoms with van der Waals surface area (Å²) in [6.45, 7) is 2.74. The predicted octanol–water partition coefficient (Wildman–Crippen LogP) is 5.02. The lowest BCUT2D eigenvalue weighted by molar-refractivity contribution is -0.153. The van der Waals surface area contributed by atoms with Gasteiger partial charge in [0.25, 0.3) is 0 Å². The maximum absolute atomic E-state index is 13.2. The Morgan fingerprint density at radius 3 is 2.32 bits per heavy atom. The second kappa shape index (κ2) is 9.28. The SMILES string of the molecule is CC(C)(O)c1ccc(OCC(F)(F)F)c2nc(CC3[C@@H]4CC[C@H]3CN(c3ccnc(C(F)(F)F)c3)C4)nn12. The van der Waals surface area contributed by atoms with Crippen molar-refractivity contribution in [1.82, 2.24) is 19.6 Å². The maximum Gasteiger partial charge on any atom is 0.433 e. The maximum atomic E-state index is 13.2. The third-order valence-corrected chi connectivity index (χ3v) is 7.36. The second-order valence-corrected chi connectivity index (χ2v) is 10.6. The quantitative estimate of drug-likeness (QED) is 0.441. The number of aromatic nitrogens is 4. The Morgan fingerprint density at radius 2 is 1.71 bits per heavy atom. The molecule has 1 saturated carbocycles. The van der Waals surface area contributed by atoms with Crippen molar-refractivity contribution in [2.75, 3.05) is 24.6 Å². The summed E-state index contributed by atoms with van der Waals surface area (Å²) in [4.78, 5) is 9.90. The van der Waals surface area contributed by atoms with Crippen LogP contribution in [0.5, 0.6) is 5.75 Å². The third-order valence-electron chi connectivity index (χ3n) is 7.36. The third kappa shape index (κ3) is 5.38. The second-order valence-electron chi connectivity index (χ2n) is 10.6. The van der Waals surface area contributed by atoms with Crippen LogP contribution >= 0.6 is 0 Å². The molecular formula is C25H27F6N5O2. The number of hydrogen-bond donors (Lipinski definition) is 1. The van der Waals surface area contributed by atoms with Gasteiger partial charge in [-0.05, 0) is 68.7 Å². The van der Waals surface area contributed by atoms with E-state index in [1.165, 1.54) is 22.8 Å². The molecule has 0 radical (unpaired) electrons. The van der Waals surface area contributed by atoms with E-state index in [4.69, 9.17) is 4.74 Å². The van der Waals surface area contributed by atoms with Crippen LogP contribution in [0, 0.1) is 17.8 Å². The van der Waals surface area contributed by atoms with Crippen molar-refractivity contribution < 1.29 is 36.2 Å². The zero-order valence-corrected chi connectivity index (χ0v) is 20.7. The highest BCUT2D eigenvalue weighted by Gasteiger charge is 2.43. The van der Waals surface area contributed by atoms with E-state index < -0.39 is 30.3 Å². The molecule has 206 valence electrons. The van der Waals surface area contributed by atoms with Gasteiger partial charge in [-0.2, -0.15) is 31.4 Å². The van der Waals surface area contributed by atoms with Crippen LogP contribution in [0.4, 0.5) is 32.0 Å². The molecule has 2 bridgehead atoms. The Hall–Kier alpha value is -3.09. The van der Waals surface area contributed by atoms with Gasteiger partial charge in [0.15, 0.2) is 23.8 Å². The fourth-order valence-electron chi connectivity index (χ4n) is 5.67. The van der Waals surface area contributed by atoms with Crippen LogP contribution in [-0.4, -0.2) is 50.6 Å². The van der Waals surface area contributed by atoms with Crippen LogP contribution in [0.1, 0.15) is 43.9 Å². The number of rotatable bonds is 6. The van der Waals surface area contributed by atoms with Gasteiger partial charge in [0.05, 0.1) is 5.69 Å². The fraction of sp³-hybridized carbons (Fsp3) is 0.560. The average molecular weight is 544 g/mol. The predicted molar refractivity (Wildman–Crippen MR) is 125 cm³/mol. The lowest BCUT2D eigenvalue weighted by Crippen LogP contribution is -2.43. The molecule has 3 aromatic heterocycles. The molecule has 0 spiro atoms. The van der Waals surface area contributed by atoms with E-state index in [0.717, 1.165) is 18.9 Å². The molecule has 2 aliphatic rings. The molecule has 7 nitrogen and oxygen atoms in total. The van der Waals surface area contributed by atoms with Crippen molar-refractivity contribution in [2.45, 2.75) is 51.1 Å². The molecule has 1 unspecified atom stereocenters. The molecule has 0 aromatic carbocycles.